The summed E-state index contributed by atoms with van der Waals surface area (Å²) in [5.74, 6) is -2.30. The second-order valence-electron chi connectivity index (χ2n) is 5.71. The van der Waals surface area contributed by atoms with Crippen molar-refractivity contribution in [1.82, 2.24) is 5.32 Å². The Kier molecular flexibility index (Phi) is 6.48. The van der Waals surface area contributed by atoms with Crippen LogP contribution in [0.15, 0.2) is 24.3 Å². The predicted octanol–water partition coefficient (Wildman–Crippen LogP) is 1.13. The molecule has 7 nitrogen and oxygen atoms in total. The van der Waals surface area contributed by atoms with Crippen molar-refractivity contribution in [1.29, 1.82) is 0 Å². The zero-order valence-electron chi connectivity index (χ0n) is 13.1. The van der Waals surface area contributed by atoms with Gasteiger partial charge >= 0.3 is 5.97 Å². The van der Waals surface area contributed by atoms with E-state index in [0.29, 0.717) is 5.69 Å². The molecule has 1 saturated carbocycles. The first-order valence-corrected chi connectivity index (χ1v) is 9.20. The summed E-state index contributed by atoms with van der Waals surface area (Å²) < 4.78 is 11.9. The van der Waals surface area contributed by atoms with E-state index in [9.17, 15) is 18.6 Å². The summed E-state index contributed by atoms with van der Waals surface area (Å²) in [5, 5.41) is 14.2. The Balaban J connectivity index is 1.75. The van der Waals surface area contributed by atoms with Gasteiger partial charge in [-0.25, -0.2) is 4.79 Å². The number of carbonyl (C=O) groups excluding carboxylic acids is 2. The highest BCUT2D eigenvalue weighted by Crippen LogP contribution is 2.17. The van der Waals surface area contributed by atoms with Crippen LogP contribution in [0.2, 0.25) is 0 Å². The summed E-state index contributed by atoms with van der Waals surface area (Å²) in [7, 11) is -1.58. The number of rotatable bonds is 7. The molecule has 0 aliphatic heterocycles. The summed E-state index contributed by atoms with van der Waals surface area (Å²) in [6.45, 7) is 0. The third-order valence-electron chi connectivity index (χ3n) is 3.72. The lowest BCUT2D eigenvalue weighted by atomic mass is 10.2. The van der Waals surface area contributed by atoms with E-state index >= 15 is 0 Å². The second kappa shape index (κ2) is 8.58. The first kappa shape index (κ1) is 18.1. The Bertz CT molecular complexity index is 638. The van der Waals surface area contributed by atoms with E-state index in [2.05, 4.69) is 10.6 Å². The van der Waals surface area contributed by atoms with Crippen LogP contribution in [0.3, 0.4) is 0 Å². The summed E-state index contributed by atoms with van der Waals surface area (Å²) in [6, 6.07) is 5.80. The molecule has 0 heterocycles. The van der Waals surface area contributed by atoms with Gasteiger partial charge in [0.1, 0.15) is 11.5 Å². The smallest absolute Gasteiger partial charge is 0.335 e. The molecule has 0 radical (unpaired) electrons. The fraction of sp³-hybridized carbons (Fsp3) is 0.438. The third-order valence-corrected chi connectivity index (χ3v) is 4.89. The van der Waals surface area contributed by atoms with Crippen molar-refractivity contribution in [2.45, 2.75) is 31.7 Å². The Hall–Kier alpha value is -2.22. The van der Waals surface area contributed by atoms with Gasteiger partial charge in [-0.05, 0) is 37.1 Å². The van der Waals surface area contributed by atoms with Gasteiger partial charge in [0.05, 0.1) is 5.56 Å². The minimum absolute atomic E-state index is 0.111. The zero-order chi connectivity index (χ0) is 17.5. The molecule has 1 aromatic carbocycles. The minimum atomic E-state index is -1.58. The molecule has 1 aromatic rings. The van der Waals surface area contributed by atoms with Crippen molar-refractivity contribution in [2.75, 3.05) is 16.8 Å². The normalized spacial score (nSPS) is 15.7. The van der Waals surface area contributed by atoms with Gasteiger partial charge in [0.15, 0.2) is 0 Å². The number of nitrogens with one attached hydrogen (secondary N) is 2. The number of hydrogen-bond acceptors (Lipinski definition) is 4. The quantitative estimate of drug-likeness (QED) is 0.681. The summed E-state index contributed by atoms with van der Waals surface area (Å²) in [4.78, 5) is 34.3. The number of carbonyl (C=O) groups is 3. The number of carboxylic acids is 1. The molecule has 0 bridgehead atoms. The fourth-order valence-corrected chi connectivity index (χ4v) is 3.42. The van der Waals surface area contributed by atoms with E-state index in [1.54, 1.807) is 0 Å². The molecule has 0 saturated heterocycles. The van der Waals surface area contributed by atoms with E-state index in [4.69, 9.17) is 5.11 Å². The van der Waals surface area contributed by atoms with Crippen molar-refractivity contribution in [3.63, 3.8) is 0 Å². The lowest BCUT2D eigenvalue weighted by Gasteiger charge is -2.11. The predicted molar refractivity (Wildman–Crippen MR) is 90.3 cm³/mol. The molecule has 0 spiro atoms. The van der Waals surface area contributed by atoms with Gasteiger partial charge < -0.3 is 15.7 Å². The van der Waals surface area contributed by atoms with Gasteiger partial charge in [0, 0.05) is 22.5 Å². The lowest BCUT2D eigenvalue weighted by molar-refractivity contribution is -0.119. The average Bonchev–Trinajstić information content (AvgIpc) is 2.99. The van der Waals surface area contributed by atoms with Gasteiger partial charge in [-0.2, -0.15) is 0 Å². The molecular formula is C16H20N2O5S. The van der Waals surface area contributed by atoms with Crippen LogP contribution in [-0.4, -0.2) is 44.6 Å². The molecule has 1 aliphatic rings. The Morgan fingerprint density at radius 2 is 1.62 bits per heavy atom. The standard InChI is InChI=1S/C16H20N2O5S/c19-14(17-12-3-1-2-4-12)9-24(23)10-15(20)18-13-7-5-11(6-8-13)16(21)22/h5-8,12H,1-4,9-10H2,(H,17,19)(H,18,20)(H,21,22). The number of hydrogen-bond donors (Lipinski definition) is 3. The van der Waals surface area contributed by atoms with Gasteiger partial charge in [0.25, 0.3) is 0 Å². The number of anilines is 1. The number of aromatic carboxylic acids is 1. The van der Waals surface area contributed by atoms with Crippen molar-refractivity contribution in [3.8, 4) is 0 Å². The van der Waals surface area contributed by atoms with Crippen LogP contribution in [0.4, 0.5) is 5.69 Å². The van der Waals surface area contributed by atoms with Crippen molar-refractivity contribution in [3.05, 3.63) is 29.8 Å². The summed E-state index contributed by atoms with van der Waals surface area (Å²) in [5.41, 5.74) is 0.526. The topological polar surface area (TPSA) is 113 Å². The Morgan fingerprint density at radius 1 is 1.04 bits per heavy atom. The highest BCUT2D eigenvalue weighted by atomic mass is 32.2. The van der Waals surface area contributed by atoms with Crippen molar-refractivity contribution in [2.24, 2.45) is 0 Å². The zero-order valence-corrected chi connectivity index (χ0v) is 13.9. The van der Waals surface area contributed by atoms with Crippen molar-refractivity contribution >= 4 is 34.3 Å². The first-order chi connectivity index (χ1) is 11.4. The maximum atomic E-state index is 11.9. The second-order valence-corrected chi connectivity index (χ2v) is 7.17. The molecule has 3 N–H and O–H groups in total. The van der Waals surface area contributed by atoms with Gasteiger partial charge in [-0.15, -0.1) is 0 Å². The highest BCUT2D eigenvalue weighted by molar-refractivity contribution is 7.86. The number of carboxylic acid groups (broad SMARTS) is 1. The molecule has 2 rings (SSSR count). The maximum absolute atomic E-state index is 11.9. The fourth-order valence-electron chi connectivity index (χ4n) is 2.58. The minimum Gasteiger partial charge on any atom is -0.478 e. The molecular weight excluding hydrogens is 332 g/mol. The third kappa shape index (κ3) is 5.77. The monoisotopic (exact) mass is 352 g/mol. The van der Waals surface area contributed by atoms with E-state index in [1.807, 2.05) is 0 Å². The largest absolute Gasteiger partial charge is 0.478 e. The van der Waals surface area contributed by atoms with Crippen LogP contribution in [0.5, 0.6) is 0 Å². The number of amides is 2. The van der Waals surface area contributed by atoms with Crippen LogP contribution < -0.4 is 10.6 Å². The molecule has 0 aromatic heterocycles. The van der Waals surface area contributed by atoms with Crippen LogP contribution >= 0.6 is 0 Å². The molecule has 2 amide bonds. The molecule has 1 fully saturated rings. The average molecular weight is 352 g/mol. The Labute approximate surface area is 142 Å². The van der Waals surface area contributed by atoms with Crippen molar-refractivity contribution < 1.29 is 23.7 Å². The van der Waals surface area contributed by atoms with Crippen LogP contribution in [0.25, 0.3) is 0 Å². The van der Waals surface area contributed by atoms with E-state index in [0.717, 1.165) is 25.7 Å². The van der Waals surface area contributed by atoms with Crippen LogP contribution in [-0.2, 0) is 20.4 Å². The molecule has 8 heteroatoms. The van der Waals surface area contributed by atoms with E-state index in [-0.39, 0.29) is 29.0 Å². The van der Waals surface area contributed by atoms with Crippen LogP contribution in [0, 0.1) is 0 Å². The number of benzene rings is 1. The summed E-state index contributed by atoms with van der Waals surface area (Å²) >= 11 is 0. The van der Waals surface area contributed by atoms with Gasteiger partial charge in [-0.1, -0.05) is 12.8 Å². The molecule has 1 aliphatic carbocycles. The van der Waals surface area contributed by atoms with Gasteiger partial charge in [0.2, 0.25) is 11.8 Å². The molecule has 130 valence electrons. The van der Waals surface area contributed by atoms with E-state index in [1.165, 1.54) is 24.3 Å². The highest BCUT2D eigenvalue weighted by Gasteiger charge is 2.19. The lowest BCUT2D eigenvalue weighted by Crippen LogP contribution is -2.36. The molecule has 1 unspecified atom stereocenters. The van der Waals surface area contributed by atoms with Crippen LogP contribution in [0.1, 0.15) is 36.0 Å². The Morgan fingerprint density at radius 3 is 2.21 bits per heavy atom. The SMILES string of the molecule is O=C(CS(=O)CC(=O)NC1CCCC1)Nc1ccc(C(=O)O)cc1. The maximum Gasteiger partial charge on any atom is 0.335 e. The molecule has 1 atom stereocenters. The molecule has 24 heavy (non-hydrogen) atoms. The van der Waals surface area contributed by atoms with Gasteiger partial charge in [-0.3, -0.25) is 13.8 Å². The summed E-state index contributed by atoms with van der Waals surface area (Å²) in [6.07, 6.45) is 4.09. The first-order valence-electron chi connectivity index (χ1n) is 7.71. The van der Waals surface area contributed by atoms with E-state index < -0.39 is 22.7 Å².